The van der Waals surface area contributed by atoms with Crippen molar-refractivity contribution in [3.63, 3.8) is 0 Å². The molecule has 7 heteroatoms. The van der Waals surface area contributed by atoms with Crippen LogP contribution < -0.4 is 4.74 Å². The molecule has 6 nitrogen and oxygen atoms in total. The van der Waals surface area contributed by atoms with Gasteiger partial charge in [0.15, 0.2) is 6.10 Å². The van der Waals surface area contributed by atoms with Gasteiger partial charge in [-0.05, 0) is 49.4 Å². The predicted molar refractivity (Wildman–Crippen MR) is 102 cm³/mol. The van der Waals surface area contributed by atoms with Crippen LogP contribution in [0.15, 0.2) is 42.5 Å². The van der Waals surface area contributed by atoms with Crippen molar-refractivity contribution in [2.24, 2.45) is 0 Å². The van der Waals surface area contributed by atoms with Gasteiger partial charge in [-0.25, -0.2) is 4.98 Å². The van der Waals surface area contributed by atoms with E-state index in [-0.39, 0.29) is 11.9 Å². The van der Waals surface area contributed by atoms with E-state index in [0.717, 1.165) is 16.6 Å². The third-order valence-corrected chi connectivity index (χ3v) is 5.02. The first-order chi connectivity index (χ1) is 12.5. The molecule has 0 aliphatic heterocycles. The number of imidazole rings is 1. The van der Waals surface area contributed by atoms with Crippen molar-refractivity contribution >= 4 is 28.8 Å². The summed E-state index contributed by atoms with van der Waals surface area (Å²) in [6.07, 6.45) is 1.97. The van der Waals surface area contributed by atoms with Crippen molar-refractivity contribution in [1.82, 2.24) is 9.97 Å². The molecule has 2 aromatic carbocycles. The van der Waals surface area contributed by atoms with E-state index in [2.05, 4.69) is 9.97 Å². The third-order valence-electron chi connectivity index (χ3n) is 4.09. The summed E-state index contributed by atoms with van der Waals surface area (Å²) in [5.74, 6) is 0.729. The highest BCUT2D eigenvalue weighted by Gasteiger charge is 2.17. The maximum Gasteiger partial charge on any atom is 0.316 e. The SMILES string of the molecule is CSC(Cc1ccc(OC(C)c2nc3ccc(O)cc3[nH]2)cc1)C(=O)O. The second-order valence-electron chi connectivity index (χ2n) is 5.99. The van der Waals surface area contributed by atoms with Crippen molar-refractivity contribution in [2.75, 3.05) is 6.26 Å². The molecule has 2 atom stereocenters. The molecule has 26 heavy (non-hydrogen) atoms. The molecule has 0 saturated heterocycles. The lowest BCUT2D eigenvalue weighted by Gasteiger charge is -2.13. The van der Waals surface area contributed by atoms with Crippen LogP contribution in [0.1, 0.15) is 24.4 Å². The van der Waals surface area contributed by atoms with Gasteiger partial charge in [-0.15, -0.1) is 11.8 Å². The van der Waals surface area contributed by atoms with Gasteiger partial charge in [0.25, 0.3) is 0 Å². The van der Waals surface area contributed by atoms with Crippen LogP contribution in [0.3, 0.4) is 0 Å². The largest absolute Gasteiger partial charge is 0.508 e. The number of aromatic amines is 1. The first-order valence-corrected chi connectivity index (χ1v) is 9.45. The Labute approximate surface area is 155 Å². The summed E-state index contributed by atoms with van der Waals surface area (Å²) < 4.78 is 5.92. The molecule has 0 bridgehead atoms. The molecule has 2 unspecified atom stereocenters. The number of aromatic nitrogens is 2. The van der Waals surface area contributed by atoms with Gasteiger partial charge in [0.1, 0.15) is 22.6 Å². The van der Waals surface area contributed by atoms with Crippen LogP contribution in [0.25, 0.3) is 11.0 Å². The van der Waals surface area contributed by atoms with Gasteiger partial charge in [-0.3, -0.25) is 4.79 Å². The highest BCUT2D eigenvalue weighted by atomic mass is 32.2. The maximum atomic E-state index is 11.1. The van der Waals surface area contributed by atoms with Crippen molar-refractivity contribution < 1.29 is 19.7 Å². The summed E-state index contributed by atoms with van der Waals surface area (Å²) in [7, 11) is 0. The number of carboxylic acids is 1. The number of carbonyl (C=O) groups is 1. The lowest BCUT2D eigenvalue weighted by Crippen LogP contribution is -2.18. The fourth-order valence-corrected chi connectivity index (χ4v) is 3.22. The number of rotatable bonds is 7. The zero-order valence-corrected chi connectivity index (χ0v) is 15.3. The standard InChI is InChI=1S/C19H20N2O4S/c1-11(18-20-15-8-5-13(22)10-16(15)21-18)25-14-6-3-12(4-7-14)9-17(26-2)19(23)24/h3-8,10-11,17,22H,9H2,1-2H3,(H,20,21)(H,23,24). The van der Waals surface area contributed by atoms with Crippen molar-refractivity contribution in [2.45, 2.75) is 24.7 Å². The number of aliphatic carboxylic acids is 1. The average molecular weight is 372 g/mol. The number of phenols is 1. The summed E-state index contributed by atoms with van der Waals surface area (Å²) in [4.78, 5) is 18.8. The van der Waals surface area contributed by atoms with Crippen LogP contribution >= 0.6 is 11.8 Å². The Kier molecular flexibility index (Phi) is 5.37. The monoisotopic (exact) mass is 372 g/mol. The normalized spacial score (nSPS) is 13.5. The van der Waals surface area contributed by atoms with Gasteiger partial charge < -0.3 is 19.9 Å². The summed E-state index contributed by atoms with van der Waals surface area (Å²) in [6.45, 7) is 1.89. The van der Waals surface area contributed by atoms with E-state index in [9.17, 15) is 9.90 Å². The van der Waals surface area contributed by atoms with Crippen molar-refractivity contribution in [1.29, 1.82) is 0 Å². The average Bonchev–Trinajstić information content (AvgIpc) is 3.04. The second kappa shape index (κ2) is 7.70. The van der Waals surface area contributed by atoms with Gasteiger partial charge in [-0.1, -0.05) is 12.1 Å². The van der Waals surface area contributed by atoms with Gasteiger partial charge in [0, 0.05) is 6.07 Å². The molecule has 3 rings (SSSR count). The minimum Gasteiger partial charge on any atom is -0.508 e. The highest BCUT2D eigenvalue weighted by molar-refractivity contribution is 7.99. The summed E-state index contributed by atoms with van der Waals surface area (Å²) >= 11 is 1.33. The zero-order valence-electron chi connectivity index (χ0n) is 14.5. The van der Waals surface area contributed by atoms with Crippen LogP contribution in [0.2, 0.25) is 0 Å². The van der Waals surface area contributed by atoms with Crippen molar-refractivity contribution in [3.8, 4) is 11.5 Å². The molecule has 1 heterocycles. The molecule has 0 spiro atoms. The van der Waals surface area contributed by atoms with Gasteiger partial charge in [0.2, 0.25) is 0 Å². The van der Waals surface area contributed by atoms with Crippen LogP contribution in [-0.2, 0) is 11.2 Å². The minimum absolute atomic E-state index is 0.182. The summed E-state index contributed by atoms with van der Waals surface area (Å²) in [5, 5.41) is 18.2. The van der Waals surface area contributed by atoms with E-state index in [4.69, 9.17) is 9.84 Å². The maximum absolute atomic E-state index is 11.1. The molecule has 0 aliphatic rings. The molecule has 3 aromatic rings. The molecule has 0 aliphatic carbocycles. The van der Waals surface area contributed by atoms with Crippen molar-refractivity contribution in [3.05, 3.63) is 53.9 Å². The van der Waals surface area contributed by atoms with Crippen LogP contribution in [0.5, 0.6) is 11.5 Å². The first-order valence-electron chi connectivity index (χ1n) is 8.16. The lowest BCUT2D eigenvalue weighted by atomic mass is 10.1. The number of phenolic OH excluding ortho intramolecular Hbond substituents is 1. The number of H-pyrrole nitrogens is 1. The molecule has 0 saturated carbocycles. The lowest BCUT2D eigenvalue weighted by molar-refractivity contribution is -0.136. The number of nitrogens with zero attached hydrogens (tertiary/aromatic N) is 1. The number of benzene rings is 2. The fraction of sp³-hybridized carbons (Fsp3) is 0.263. The number of ether oxygens (including phenoxy) is 1. The van der Waals surface area contributed by atoms with Crippen LogP contribution in [0.4, 0.5) is 0 Å². The van der Waals surface area contributed by atoms with Crippen LogP contribution in [-0.4, -0.2) is 37.7 Å². The number of carboxylic acid groups (broad SMARTS) is 1. The molecule has 0 amide bonds. The van der Waals surface area contributed by atoms with Crippen LogP contribution in [0, 0.1) is 0 Å². The topological polar surface area (TPSA) is 95.4 Å². The molecule has 0 fully saturated rings. The van der Waals surface area contributed by atoms with E-state index in [1.807, 2.05) is 31.2 Å². The van der Waals surface area contributed by atoms with Gasteiger partial charge >= 0.3 is 5.97 Å². The Morgan fingerprint density at radius 1 is 1.27 bits per heavy atom. The number of aromatic hydroxyl groups is 1. The number of fused-ring (bicyclic) bond motifs is 1. The number of thioether (sulfide) groups is 1. The summed E-state index contributed by atoms with van der Waals surface area (Å²) in [5.41, 5.74) is 2.47. The van der Waals surface area contributed by atoms with E-state index in [0.29, 0.717) is 18.0 Å². The minimum atomic E-state index is -0.803. The van der Waals surface area contributed by atoms with Gasteiger partial charge in [-0.2, -0.15) is 0 Å². The number of hydrogen-bond acceptors (Lipinski definition) is 5. The molecule has 1 aromatic heterocycles. The molecule has 0 radical (unpaired) electrons. The molecular formula is C19H20N2O4S. The third kappa shape index (κ3) is 4.11. The molecular weight excluding hydrogens is 352 g/mol. The Bertz CT molecular complexity index is 908. The van der Waals surface area contributed by atoms with E-state index < -0.39 is 11.2 Å². The second-order valence-corrected chi connectivity index (χ2v) is 7.03. The summed E-state index contributed by atoms with van der Waals surface area (Å²) in [6, 6.07) is 12.4. The van der Waals surface area contributed by atoms with E-state index in [1.54, 1.807) is 24.5 Å². The first kappa shape index (κ1) is 18.1. The van der Waals surface area contributed by atoms with Gasteiger partial charge in [0.05, 0.1) is 11.0 Å². The smallest absolute Gasteiger partial charge is 0.316 e. The number of nitrogens with one attached hydrogen (secondary N) is 1. The zero-order chi connectivity index (χ0) is 18.7. The Morgan fingerprint density at radius 3 is 2.65 bits per heavy atom. The fourth-order valence-electron chi connectivity index (χ4n) is 2.66. The molecule has 3 N–H and O–H groups in total. The molecule has 136 valence electrons. The Morgan fingerprint density at radius 2 is 2.00 bits per heavy atom. The van der Waals surface area contributed by atoms with E-state index in [1.165, 1.54) is 11.8 Å². The highest BCUT2D eigenvalue weighted by Crippen LogP contribution is 2.25. The predicted octanol–water partition coefficient (Wildman–Crippen LogP) is 3.77. The quantitative estimate of drug-likeness (QED) is 0.584. The Hall–Kier alpha value is -2.67. The Balaban J connectivity index is 1.68. The number of hydrogen-bond donors (Lipinski definition) is 3. The van der Waals surface area contributed by atoms with E-state index >= 15 is 0 Å².